The molecule has 1 fully saturated rings. The Balaban J connectivity index is 1.12. The lowest BCUT2D eigenvalue weighted by Gasteiger charge is -2.29. The van der Waals surface area contributed by atoms with E-state index in [9.17, 15) is 19.2 Å². The van der Waals surface area contributed by atoms with E-state index in [-0.39, 0.29) is 55.5 Å². The van der Waals surface area contributed by atoms with E-state index in [4.69, 9.17) is 4.74 Å². The van der Waals surface area contributed by atoms with E-state index in [0.29, 0.717) is 23.7 Å². The molecule has 1 atom stereocenters. The lowest BCUT2D eigenvalue weighted by Crippen LogP contribution is -2.43. The Labute approximate surface area is 214 Å². The number of fused-ring (bicyclic) bond motifs is 1. The molecule has 1 saturated heterocycles. The first-order valence-corrected chi connectivity index (χ1v) is 12.1. The number of hydrogen-bond acceptors (Lipinski definition) is 5. The second-order valence-electron chi connectivity index (χ2n) is 8.93. The number of para-hydroxylation sites is 3. The first-order valence-electron chi connectivity index (χ1n) is 12.1. The van der Waals surface area contributed by atoms with Gasteiger partial charge in [-0.2, -0.15) is 0 Å². The number of benzene rings is 3. The highest BCUT2D eigenvalue weighted by atomic mass is 16.5. The van der Waals surface area contributed by atoms with Crippen LogP contribution in [0.1, 0.15) is 19.3 Å². The van der Waals surface area contributed by atoms with Crippen LogP contribution in [0.2, 0.25) is 0 Å². The monoisotopic (exact) mass is 498 g/mol. The number of carbonyl (C=O) groups excluding carboxylic acids is 4. The largest absolute Gasteiger partial charge is 0.457 e. The van der Waals surface area contributed by atoms with Gasteiger partial charge in [0.2, 0.25) is 23.6 Å². The first-order chi connectivity index (χ1) is 18.0. The molecule has 2 N–H and O–H groups in total. The van der Waals surface area contributed by atoms with Crippen molar-refractivity contribution in [1.82, 2.24) is 5.32 Å². The van der Waals surface area contributed by atoms with Crippen LogP contribution in [0.5, 0.6) is 11.5 Å². The second kappa shape index (κ2) is 10.5. The van der Waals surface area contributed by atoms with Crippen molar-refractivity contribution < 1.29 is 23.9 Å². The third-order valence-electron chi connectivity index (χ3n) is 6.26. The summed E-state index contributed by atoms with van der Waals surface area (Å²) in [5.74, 6) is 0.398. The molecule has 37 heavy (non-hydrogen) atoms. The van der Waals surface area contributed by atoms with Crippen molar-refractivity contribution >= 4 is 40.7 Å². The van der Waals surface area contributed by atoms with Crippen molar-refractivity contribution in [2.24, 2.45) is 0 Å². The molecule has 2 heterocycles. The van der Waals surface area contributed by atoms with Crippen LogP contribution in [0.15, 0.2) is 78.9 Å². The lowest BCUT2D eigenvalue weighted by atomic mass is 10.1. The maximum Gasteiger partial charge on any atom is 0.244 e. The van der Waals surface area contributed by atoms with E-state index in [2.05, 4.69) is 10.6 Å². The molecular formula is C28H26N4O5. The van der Waals surface area contributed by atoms with Gasteiger partial charge in [-0.25, -0.2) is 0 Å². The van der Waals surface area contributed by atoms with E-state index in [1.807, 2.05) is 42.5 Å². The summed E-state index contributed by atoms with van der Waals surface area (Å²) < 4.78 is 5.80. The molecule has 4 amide bonds. The molecule has 0 radical (unpaired) electrons. The fourth-order valence-electron chi connectivity index (χ4n) is 4.48. The van der Waals surface area contributed by atoms with Gasteiger partial charge in [-0.3, -0.25) is 19.2 Å². The van der Waals surface area contributed by atoms with Crippen molar-refractivity contribution in [1.29, 1.82) is 0 Å². The fraction of sp³-hybridized carbons (Fsp3) is 0.214. The van der Waals surface area contributed by atoms with Crippen molar-refractivity contribution in [3.8, 4) is 11.5 Å². The zero-order chi connectivity index (χ0) is 25.8. The zero-order valence-corrected chi connectivity index (χ0v) is 20.1. The molecule has 0 aliphatic carbocycles. The molecule has 0 spiro atoms. The molecule has 3 aromatic rings. The third kappa shape index (κ3) is 5.61. The van der Waals surface area contributed by atoms with E-state index in [1.54, 1.807) is 41.3 Å². The predicted octanol–water partition coefficient (Wildman–Crippen LogP) is 3.47. The van der Waals surface area contributed by atoms with Gasteiger partial charge in [0, 0.05) is 31.5 Å². The van der Waals surface area contributed by atoms with E-state index in [1.165, 1.54) is 4.90 Å². The molecule has 188 valence electrons. The van der Waals surface area contributed by atoms with Crippen LogP contribution in [0.3, 0.4) is 0 Å². The number of anilines is 3. The fourth-order valence-corrected chi connectivity index (χ4v) is 4.48. The highest BCUT2D eigenvalue weighted by Crippen LogP contribution is 2.30. The molecule has 9 heteroatoms. The van der Waals surface area contributed by atoms with E-state index >= 15 is 0 Å². The van der Waals surface area contributed by atoms with Crippen molar-refractivity contribution in [2.45, 2.75) is 25.3 Å². The van der Waals surface area contributed by atoms with Gasteiger partial charge in [-0.05, 0) is 48.5 Å². The van der Waals surface area contributed by atoms with Gasteiger partial charge >= 0.3 is 0 Å². The average Bonchev–Trinajstić information content (AvgIpc) is 3.27. The normalized spacial score (nSPS) is 16.7. The summed E-state index contributed by atoms with van der Waals surface area (Å²) in [6.07, 6.45) is 0.109. The SMILES string of the molecule is O=C1CN(C(=O)CCC(=O)NC2CC(=O)N(c3ccc(Oc4ccccc4)cc3)C2)c2ccccc2N1. The molecular weight excluding hydrogens is 472 g/mol. The molecule has 5 rings (SSSR count). The van der Waals surface area contributed by atoms with Crippen LogP contribution in [-0.4, -0.2) is 42.8 Å². The molecule has 1 unspecified atom stereocenters. The first kappa shape index (κ1) is 24.1. The number of amides is 4. The summed E-state index contributed by atoms with van der Waals surface area (Å²) in [4.78, 5) is 52.9. The molecule has 2 aliphatic heterocycles. The van der Waals surface area contributed by atoms with Gasteiger partial charge < -0.3 is 25.2 Å². The van der Waals surface area contributed by atoms with Gasteiger partial charge in [0.1, 0.15) is 18.0 Å². The smallest absolute Gasteiger partial charge is 0.244 e. The van der Waals surface area contributed by atoms with Crippen LogP contribution in [0.25, 0.3) is 0 Å². The second-order valence-corrected chi connectivity index (χ2v) is 8.93. The summed E-state index contributed by atoms with van der Waals surface area (Å²) in [6.45, 7) is 0.260. The minimum Gasteiger partial charge on any atom is -0.457 e. The summed E-state index contributed by atoms with van der Waals surface area (Å²) in [7, 11) is 0. The van der Waals surface area contributed by atoms with Crippen LogP contribution < -0.4 is 25.2 Å². The van der Waals surface area contributed by atoms with Gasteiger partial charge in [0.05, 0.1) is 17.4 Å². The van der Waals surface area contributed by atoms with E-state index < -0.39 is 0 Å². The Kier molecular flexibility index (Phi) is 6.85. The van der Waals surface area contributed by atoms with Crippen LogP contribution in [0, 0.1) is 0 Å². The minimum absolute atomic E-state index is 0.0324. The molecule has 9 nitrogen and oxygen atoms in total. The summed E-state index contributed by atoms with van der Waals surface area (Å²) in [6, 6.07) is 23.3. The Bertz CT molecular complexity index is 1330. The molecule has 3 aromatic carbocycles. The number of hydrogen-bond donors (Lipinski definition) is 2. The third-order valence-corrected chi connectivity index (χ3v) is 6.26. The van der Waals surface area contributed by atoms with Gasteiger partial charge in [0.15, 0.2) is 0 Å². The summed E-state index contributed by atoms with van der Waals surface area (Å²) in [5.41, 5.74) is 1.91. The Morgan fingerprint density at radius 2 is 1.59 bits per heavy atom. The van der Waals surface area contributed by atoms with Gasteiger partial charge in [-0.1, -0.05) is 30.3 Å². The molecule has 0 saturated carbocycles. The topological polar surface area (TPSA) is 108 Å². The predicted molar refractivity (Wildman–Crippen MR) is 139 cm³/mol. The molecule has 0 aromatic heterocycles. The highest BCUT2D eigenvalue weighted by Gasteiger charge is 2.32. The number of nitrogens with one attached hydrogen (secondary N) is 2. The van der Waals surface area contributed by atoms with Crippen LogP contribution in [-0.2, 0) is 19.2 Å². The minimum atomic E-state index is -0.350. The Morgan fingerprint density at radius 1 is 0.892 bits per heavy atom. The highest BCUT2D eigenvalue weighted by molar-refractivity contribution is 6.10. The molecule has 0 bridgehead atoms. The van der Waals surface area contributed by atoms with Crippen LogP contribution in [0.4, 0.5) is 17.1 Å². The van der Waals surface area contributed by atoms with Gasteiger partial charge in [-0.15, -0.1) is 0 Å². The van der Waals surface area contributed by atoms with Crippen molar-refractivity contribution in [2.75, 3.05) is 28.2 Å². The maximum atomic E-state index is 12.8. The average molecular weight is 499 g/mol. The Hall–Kier alpha value is -4.66. The quantitative estimate of drug-likeness (QED) is 0.519. The molecule has 2 aliphatic rings. The number of carbonyl (C=O) groups is 4. The van der Waals surface area contributed by atoms with Crippen molar-refractivity contribution in [3.05, 3.63) is 78.9 Å². The lowest BCUT2D eigenvalue weighted by molar-refractivity contribution is -0.126. The summed E-state index contributed by atoms with van der Waals surface area (Å²) in [5, 5.41) is 5.60. The number of ether oxygens (including phenoxy) is 1. The van der Waals surface area contributed by atoms with E-state index in [0.717, 1.165) is 11.4 Å². The number of nitrogens with zero attached hydrogens (tertiary/aromatic N) is 2. The summed E-state index contributed by atoms with van der Waals surface area (Å²) >= 11 is 0. The van der Waals surface area contributed by atoms with Crippen LogP contribution >= 0.6 is 0 Å². The Morgan fingerprint density at radius 3 is 2.38 bits per heavy atom. The zero-order valence-electron chi connectivity index (χ0n) is 20.1. The van der Waals surface area contributed by atoms with Gasteiger partial charge in [0.25, 0.3) is 0 Å². The standard InChI is InChI=1S/C28H26N4O5/c33-25(14-15-27(35)32-18-26(34)30-23-8-4-5-9-24(23)32)29-19-16-28(36)31(17-19)20-10-12-22(13-11-20)37-21-6-2-1-3-7-21/h1-13,19H,14-18H2,(H,29,33)(H,30,34). The van der Waals surface area contributed by atoms with Crippen molar-refractivity contribution in [3.63, 3.8) is 0 Å². The number of rotatable bonds is 7. The maximum absolute atomic E-state index is 12.8.